The third-order valence-corrected chi connectivity index (χ3v) is 3.66. The summed E-state index contributed by atoms with van der Waals surface area (Å²) < 4.78 is 0. The number of nitrogens with one attached hydrogen (secondary N) is 2. The molecule has 0 spiro atoms. The SMILES string of the molecule is Cl.O=C(ONCCCCCCNOC(=O)c1ccccc1)c1ccccc1. The van der Waals surface area contributed by atoms with Gasteiger partial charge in [0.1, 0.15) is 0 Å². The molecule has 146 valence electrons. The maximum atomic E-state index is 11.7. The van der Waals surface area contributed by atoms with Gasteiger partial charge in [0.15, 0.2) is 0 Å². The second-order valence-electron chi connectivity index (χ2n) is 5.71. The number of benzene rings is 2. The molecule has 0 aliphatic heterocycles. The lowest BCUT2D eigenvalue weighted by molar-refractivity contribution is 0.0235. The smallest absolute Gasteiger partial charge is 0.356 e. The Morgan fingerprint density at radius 1 is 0.630 bits per heavy atom. The summed E-state index contributed by atoms with van der Waals surface area (Å²) in [7, 11) is 0. The molecule has 0 aromatic heterocycles. The van der Waals surface area contributed by atoms with Crippen molar-refractivity contribution in [2.45, 2.75) is 25.7 Å². The molecule has 0 aliphatic rings. The van der Waals surface area contributed by atoms with Crippen LogP contribution in [0, 0.1) is 0 Å². The maximum absolute atomic E-state index is 11.7. The van der Waals surface area contributed by atoms with Gasteiger partial charge in [-0.2, -0.15) is 11.0 Å². The van der Waals surface area contributed by atoms with Crippen molar-refractivity contribution in [3.05, 3.63) is 71.8 Å². The van der Waals surface area contributed by atoms with Crippen LogP contribution in [-0.2, 0) is 9.68 Å². The van der Waals surface area contributed by atoms with E-state index in [4.69, 9.17) is 9.68 Å². The monoisotopic (exact) mass is 392 g/mol. The fourth-order valence-corrected chi connectivity index (χ4v) is 2.25. The number of rotatable bonds is 11. The van der Waals surface area contributed by atoms with Crippen LogP contribution in [0.25, 0.3) is 0 Å². The Morgan fingerprint density at radius 2 is 1.00 bits per heavy atom. The van der Waals surface area contributed by atoms with Gasteiger partial charge in [0.2, 0.25) is 0 Å². The summed E-state index contributed by atoms with van der Waals surface area (Å²) in [6.45, 7) is 1.21. The fourth-order valence-electron chi connectivity index (χ4n) is 2.25. The van der Waals surface area contributed by atoms with E-state index in [0.29, 0.717) is 24.2 Å². The number of carbonyl (C=O) groups excluding carboxylic acids is 2. The van der Waals surface area contributed by atoms with Crippen LogP contribution >= 0.6 is 12.4 Å². The van der Waals surface area contributed by atoms with Crippen LogP contribution in [0.15, 0.2) is 60.7 Å². The zero-order valence-electron chi connectivity index (χ0n) is 15.1. The Labute approximate surface area is 165 Å². The molecular weight excluding hydrogens is 368 g/mol. The standard InChI is InChI=1S/C20H24N2O4.ClH/c23-19(17-11-5-3-6-12-17)25-21-15-9-1-2-10-16-22-26-20(24)18-13-7-4-8-14-18;/h3-8,11-14,21-22H,1-2,9-10,15-16H2;1H. The average Bonchev–Trinajstić information content (AvgIpc) is 2.70. The highest BCUT2D eigenvalue weighted by Gasteiger charge is 2.06. The Morgan fingerprint density at radius 3 is 1.37 bits per heavy atom. The predicted octanol–water partition coefficient (Wildman–Crippen LogP) is 3.69. The normalized spacial score (nSPS) is 9.93. The van der Waals surface area contributed by atoms with Gasteiger partial charge in [0, 0.05) is 13.1 Å². The van der Waals surface area contributed by atoms with E-state index in [1.54, 1.807) is 48.5 Å². The summed E-state index contributed by atoms with van der Waals surface area (Å²) in [6, 6.07) is 17.7. The van der Waals surface area contributed by atoms with Crippen molar-refractivity contribution in [1.29, 1.82) is 0 Å². The fraction of sp³-hybridized carbons (Fsp3) is 0.300. The van der Waals surface area contributed by atoms with Crippen LogP contribution in [0.3, 0.4) is 0 Å². The van der Waals surface area contributed by atoms with E-state index in [0.717, 1.165) is 25.7 Å². The molecule has 27 heavy (non-hydrogen) atoms. The quantitative estimate of drug-likeness (QED) is 0.448. The highest BCUT2D eigenvalue weighted by atomic mass is 35.5. The summed E-state index contributed by atoms with van der Waals surface area (Å²) in [4.78, 5) is 33.3. The van der Waals surface area contributed by atoms with E-state index in [-0.39, 0.29) is 24.3 Å². The van der Waals surface area contributed by atoms with Gasteiger partial charge in [-0.15, -0.1) is 12.4 Å². The maximum Gasteiger partial charge on any atom is 0.356 e. The first-order valence-electron chi connectivity index (χ1n) is 8.75. The molecular formula is C20H25ClN2O4. The van der Waals surface area contributed by atoms with E-state index in [2.05, 4.69) is 11.0 Å². The number of hydroxylamine groups is 2. The van der Waals surface area contributed by atoms with Crippen molar-refractivity contribution in [3.8, 4) is 0 Å². The minimum absolute atomic E-state index is 0. The second kappa shape index (κ2) is 13.7. The molecule has 0 atom stereocenters. The highest BCUT2D eigenvalue weighted by Crippen LogP contribution is 2.02. The minimum Gasteiger partial charge on any atom is -0.367 e. The molecule has 0 saturated heterocycles. The van der Waals surface area contributed by atoms with Gasteiger partial charge in [-0.25, -0.2) is 9.59 Å². The van der Waals surface area contributed by atoms with Crippen LogP contribution in [0.1, 0.15) is 46.4 Å². The van der Waals surface area contributed by atoms with Crippen molar-refractivity contribution in [1.82, 2.24) is 11.0 Å². The van der Waals surface area contributed by atoms with E-state index < -0.39 is 0 Å². The van der Waals surface area contributed by atoms with E-state index >= 15 is 0 Å². The number of hydrogen-bond acceptors (Lipinski definition) is 6. The molecule has 0 fully saturated rings. The molecule has 0 aliphatic carbocycles. The number of carbonyl (C=O) groups is 2. The summed E-state index contributed by atoms with van der Waals surface area (Å²) >= 11 is 0. The van der Waals surface area contributed by atoms with Crippen molar-refractivity contribution in [2.24, 2.45) is 0 Å². The second-order valence-corrected chi connectivity index (χ2v) is 5.71. The zero-order valence-corrected chi connectivity index (χ0v) is 15.9. The number of halogens is 1. The summed E-state index contributed by atoms with van der Waals surface area (Å²) in [5, 5.41) is 0. The van der Waals surface area contributed by atoms with Crippen LogP contribution in [0.2, 0.25) is 0 Å². The molecule has 2 rings (SSSR count). The first-order valence-corrected chi connectivity index (χ1v) is 8.75. The van der Waals surface area contributed by atoms with Gasteiger partial charge < -0.3 is 9.68 Å². The molecule has 2 aromatic carbocycles. The Balaban J connectivity index is 0.00000364. The predicted molar refractivity (Wildman–Crippen MR) is 105 cm³/mol. The minimum atomic E-state index is -0.380. The topological polar surface area (TPSA) is 76.7 Å². The number of hydrogen-bond donors (Lipinski definition) is 2. The molecule has 2 aromatic rings. The lowest BCUT2D eigenvalue weighted by Crippen LogP contribution is -2.22. The van der Waals surface area contributed by atoms with Crippen LogP contribution in [0.4, 0.5) is 0 Å². The third kappa shape index (κ3) is 9.19. The van der Waals surface area contributed by atoms with Crippen LogP contribution in [-0.4, -0.2) is 25.0 Å². The van der Waals surface area contributed by atoms with Gasteiger partial charge in [-0.1, -0.05) is 49.2 Å². The first kappa shape index (κ1) is 22.6. The van der Waals surface area contributed by atoms with Crippen LogP contribution in [0.5, 0.6) is 0 Å². The van der Waals surface area contributed by atoms with E-state index in [9.17, 15) is 9.59 Å². The largest absolute Gasteiger partial charge is 0.367 e. The van der Waals surface area contributed by atoms with Gasteiger partial charge >= 0.3 is 11.9 Å². The van der Waals surface area contributed by atoms with Crippen molar-refractivity contribution >= 4 is 24.3 Å². The summed E-state index contributed by atoms with van der Waals surface area (Å²) in [6.07, 6.45) is 3.77. The van der Waals surface area contributed by atoms with Gasteiger partial charge in [-0.3, -0.25) is 0 Å². The van der Waals surface area contributed by atoms with Gasteiger partial charge in [0.25, 0.3) is 0 Å². The Kier molecular flexibility index (Phi) is 11.5. The third-order valence-electron chi connectivity index (χ3n) is 3.66. The van der Waals surface area contributed by atoms with E-state index in [1.165, 1.54) is 0 Å². The zero-order chi connectivity index (χ0) is 18.5. The van der Waals surface area contributed by atoms with E-state index in [1.807, 2.05) is 12.1 Å². The molecule has 0 amide bonds. The van der Waals surface area contributed by atoms with Crippen molar-refractivity contribution in [3.63, 3.8) is 0 Å². The van der Waals surface area contributed by atoms with Crippen molar-refractivity contribution < 1.29 is 19.3 Å². The molecule has 2 N–H and O–H groups in total. The first-order chi connectivity index (χ1) is 12.8. The molecule has 7 heteroatoms. The molecule has 0 bridgehead atoms. The van der Waals surface area contributed by atoms with Gasteiger partial charge in [0.05, 0.1) is 11.1 Å². The molecule has 0 unspecified atom stereocenters. The number of unbranched alkanes of at least 4 members (excludes halogenated alkanes) is 3. The molecule has 0 heterocycles. The molecule has 0 radical (unpaired) electrons. The summed E-state index contributed by atoms with van der Waals surface area (Å²) in [5.41, 5.74) is 6.42. The highest BCUT2D eigenvalue weighted by molar-refractivity contribution is 5.89. The van der Waals surface area contributed by atoms with Crippen molar-refractivity contribution in [2.75, 3.05) is 13.1 Å². The summed E-state index contributed by atoms with van der Waals surface area (Å²) in [5.74, 6) is -0.759. The molecule has 6 nitrogen and oxygen atoms in total. The average molecular weight is 393 g/mol. The molecule has 0 saturated carbocycles. The lowest BCUT2D eigenvalue weighted by Gasteiger charge is -2.07. The van der Waals surface area contributed by atoms with Gasteiger partial charge in [-0.05, 0) is 37.1 Å². The van der Waals surface area contributed by atoms with Crippen LogP contribution < -0.4 is 11.0 Å². The Hall–Kier alpha value is -2.41. The lowest BCUT2D eigenvalue weighted by atomic mass is 10.2. The Bertz CT molecular complexity index is 609.